The van der Waals surface area contributed by atoms with Gasteiger partial charge < -0.3 is 10.4 Å². The molecule has 0 saturated heterocycles. The Bertz CT molecular complexity index is 813. The first-order valence-electron chi connectivity index (χ1n) is 9.89. The van der Waals surface area contributed by atoms with Crippen LogP contribution >= 0.6 is 12.4 Å². The van der Waals surface area contributed by atoms with Gasteiger partial charge in [-0.2, -0.15) is 0 Å². The molecule has 2 N–H and O–H groups in total. The number of halogens is 1. The number of hydrogen-bond acceptors (Lipinski definition) is 2. The van der Waals surface area contributed by atoms with Crippen molar-refractivity contribution in [3.05, 3.63) is 107 Å². The van der Waals surface area contributed by atoms with Crippen LogP contribution in [0.2, 0.25) is 0 Å². The predicted molar refractivity (Wildman–Crippen MR) is 118 cm³/mol. The van der Waals surface area contributed by atoms with E-state index in [-0.39, 0.29) is 24.6 Å². The predicted octanol–water partition coefficient (Wildman–Crippen LogP) is 4.75. The average Bonchev–Trinajstić information content (AvgIpc) is 2.73. The van der Waals surface area contributed by atoms with Crippen LogP contribution < -0.4 is 5.32 Å². The van der Waals surface area contributed by atoms with Gasteiger partial charge in [0.25, 0.3) is 0 Å². The molecule has 0 aromatic heterocycles. The van der Waals surface area contributed by atoms with E-state index >= 15 is 0 Å². The van der Waals surface area contributed by atoms with E-state index in [9.17, 15) is 5.11 Å². The Hall–Kier alpha value is -2.13. The summed E-state index contributed by atoms with van der Waals surface area (Å²) in [6.45, 7) is 0.887. The number of nitrogens with one attached hydrogen (secondary N) is 1. The molecular weight excluding hydrogens is 366 g/mol. The van der Waals surface area contributed by atoms with E-state index in [1.165, 1.54) is 22.3 Å². The van der Waals surface area contributed by atoms with Crippen molar-refractivity contribution < 1.29 is 5.11 Å². The van der Waals surface area contributed by atoms with E-state index < -0.39 is 0 Å². The SMILES string of the molecule is Cl.O[C@H]1Cc2ccccc2C[C@@H]1NCCC(c1ccccc1)c1ccccc1. The number of rotatable bonds is 6. The first kappa shape index (κ1) is 20.6. The molecule has 0 amide bonds. The minimum absolute atomic E-state index is 0. The molecule has 0 spiro atoms. The van der Waals surface area contributed by atoms with E-state index in [2.05, 4.69) is 90.2 Å². The van der Waals surface area contributed by atoms with Crippen molar-refractivity contribution in [2.75, 3.05) is 6.54 Å². The molecule has 3 aromatic carbocycles. The molecule has 1 aliphatic carbocycles. The summed E-state index contributed by atoms with van der Waals surface area (Å²) in [6.07, 6.45) is 2.35. The lowest BCUT2D eigenvalue weighted by atomic mass is 9.85. The second kappa shape index (κ2) is 9.88. The molecule has 1 aliphatic rings. The van der Waals surface area contributed by atoms with Gasteiger partial charge in [0.15, 0.2) is 0 Å². The maximum atomic E-state index is 10.6. The summed E-state index contributed by atoms with van der Waals surface area (Å²) in [5.74, 6) is 0.368. The van der Waals surface area contributed by atoms with Gasteiger partial charge in [-0.1, -0.05) is 84.9 Å². The number of aliphatic hydroxyl groups excluding tert-OH is 1. The molecule has 4 rings (SSSR count). The molecular formula is C25H28ClNO. The summed E-state index contributed by atoms with van der Waals surface area (Å²) in [4.78, 5) is 0. The van der Waals surface area contributed by atoms with Gasteiger partial charge in [-0.15, -0.1) is 12.4 Å². The highest BCUT2D eigenvalue weighted by atomic mass is 35.5. The van der Waals surface area contributed by atoms with Crippen molar-refractivity contribution >= 4 is 12.4 Å². The van der Waals surface area contributed by atoms with E-state index in [1.54, 1.807) is 0 Å². The number of fused-ring (bicyclic) bond motifs is 1. The largest absolute Gasteiger partial charge is 0.391 e. The second-order valence-corrected chi connectivity index (χ2v) is 7.47. The summed E-state index contributed by atoms with van der Waals surface area (Å²) >= 11 is 0. The van der Waals surface area contributed by atoms with Gasteiger partial charge in [-0.3, -0.25) is 0 Å². The van der Waals surface area contributed by atoms with E-state index in [1.807, 2.05) is 0 Å². The van der Waals surface area contributed by atoms with Crippen LogP contribution in [-0.2, 0) is 12.8 Å². The van der Waals surface area contributed by atoms with Gasteiger partial charge in [0, 0.05) is 18.4 Å². The summed E-state index contributed by atoms with van der Waals surface area (Å²) in [6, 6.07) is 30.0. The Kier molecular flexibility index (Phi) is 7.27. The summed E-state index contributed by atoms with van der Waals surface area (Å²) in [5, 5.41) is 14.2. The molecule has 146 valence electrons. The van der Waals surface area contributed by atoms with Crippen LogP contribution in [-0.4, -0.2) is 23.8 Å². The zero-order chi connectivity index (χ0) is 18.5. The first-order chi connectivity index (χ1) is 13.3. The highest BCUT2D eigenvalue weighted by Crippen LogP contribution is 2.28. The van der Waals surface area contributed by atoms with Gasteiger partial charge in [0.2, 0.25) is 0 Å². The molecule has 28 heavy (non-hydrogen) atoms. The molecule has 3 aromatic rings. The molecule has 0 bridgehead atoms. The Balaban J connectivity index is 0.00000225. The summed E-state index contributed by atoms with van der Waals surface area (Å²) in [5.41, 5.74) is 5.34. The van der Waals surface area contributed by atoms with Gasteiger partial charge in [-0.05, 0) is 41.6 Å². The third kappa shape index (κ3) is 4.82. The fraction of sp³-hybridized carbons (Fsp3) is 0.280. The Morgan fingerprint density at radius 2 is 1.25 bits per heavy atom. The van der Waals surface area contributed by atoms with Crippen LogP contribution in [0.15, 0.2) is 84.9 Å². The quantitative estimate of drug-likeness (QED) is 0.633. The van der Waals surface area contributed by atoms with Gasteiger partial charge >= 0.3 is 0 Å². The molecule has 2 atom stereocenters. The van der Waals surface area contributed by atoms with Crippen molar-refractivity contribution in [3.63, 3.8) is 0 Å². The van der Waals surface area contributed by atoms with Crippen LogP contribution in [0.4, 0.5) is 0 Å². The minimum Gasteiger partial charge on any atom is -0.391 e. The minimum atomic E-state index is -0.313. The fourth-order valence-electron chi connectivity index (χ4n) is 4.21. The van der Waals surface area contributed by atoms with Crippen LogP contribution in [0, 0.1) is 0 Å². The molecule has 3 heteroatoms. The zero-order valence-corrected chi connectivity index (χ0v) is 16.8. The lowest BCUT2D eigenvalue weighted by molar-refractivity contribution is 0.119. The molecule has 0 unspecified atom stereocenters. The van der Waals surface area contributed by atoms with E-state index in [0.29, 0.717) is 5.92 Å². The van der Waals surface area contributed by atoms with Crippen LogP contribution in [0.1, 0.15) is 34.6 Å². The molecule has 0 aliphatic heterocycles. The third-order valence-electron chi connectivity index (χ3n) is 5.70. The summed E-state index contributed by atoms with van der Waals surface area (Å²) in [7, 11) is 0. The molecule has 0 radical (unpaired) electrons. The maximum Gasteiger partial charge on any atom is 0.0736 e. The molecule has 0 saturated carbocycles. The average molecular weight is 394 g/mol. The van der Waals surface area contributed by atoms with Crippen LogP contribution in [0.3, 0.4) is 0 Å². The smallest absolute Gasteiger partial charge is 0.0736 e. The van der Waals surface area contributed by atoms with E-state index in [4.69, 9.17) is 0 Å². The summed E-state index contributed by atoms with van der Waals surface area (Å²) < 4.78 is 0. The highest BCUT2D eigenvalue weighted by molar-refractivity contribution is 5.85. The number of hydrogen-bond donors (Lipinski definition) is 2. The fourth-order valence-corrected chi connectivity index (χ4v) is 4.21. The zero-order valence-electron chi connectivity index (χ0n) is 16.0. The first-order valence-corrected chi connectivity index (χ1v) is 9.89. The van der Waals surface area contributed by atoms with Crippen LogP contribution in [0.25, 0.3) is 0 Å². The van der Waals surface area contributed by atoms with Crippen LogP contribution in [0.5, 0.6) is 0 Å². The maximum absolute atomic E-state index is 10.6. The van der Waals surface area contributed by atoms with Crippen molar-refractivity contribution in [3.8, 4) is 0 Å². The van der Waals surface area contributed by atoms with E-state index in [0.717, 1.165) is 25.8 Å². The standard InChI is InChI=1S/C25H27NO.ClH/c27-25-18-22-14-8-7-13-21(22)17-24(25)26-16-15-23(19-9-3-1-4-10-19)20-11-5-2-6-12-20;/h1-14,23-27H,15-18H2;1H/t24-,25-;/m0./s1. The van der Waals surface area contributed by atoms with Crippen molar-refractivity contribution in [1.29, 1.82) is 0 Å². The van der Waals surface area contributed by atoms with Crippen molar-refractivity contribution in [2.45, 2.75) is 37.3 Å². The Morgan fingerprint density at radius 3 is 1.82 bits per heavy atom. The lowest BCUT2D eigenvalue weighted by Crippen LogP contribution is -2.46. The Labute approximate surface area is 174 Å². The van der Waals surface area contributed by atoms with Gasteiger partial charge in [0.1, 0.15) is 0 Å². The third-order valence-corrected chi connectivity index (χ3v) is 5.70. The van der Waals surface area contributed by atoms with Gasteiger partial charge in [0.05, 0.1) is 6.10 Å². The van der Waals surface area contributed by atoms with Crippen molar-refractivity contribution in [2.24, 2.45) is 0 Å². The highest BCUT2D eigenvalue weighted by Gasteiger charge is 2.26. The molecule has 0 fully saturated rings. The molecule has 0 heterocycles. The normalized spacial score (nSPS) is 18.4. The monoisotopic (exact) mass is 393 g/mol. The Morgan fingerprint density at radius 1 is 0.750 bits per heavy atom. The second-order valence-electron chi connectivity index (χ2n) is 7.47. The van der Waals surface area contributed by atoms with Crippen molar-refractivity contribution in [1.82, 2.24) is 5.32 Å². The number of benzene rings is 3. The lowest BCUT2D eigenvalue weighted by Gasteiger charge is -2.31. The number of aliphatic hydroxyl groups is 1. The molecule has 2 nitrogen and oxygen atoms in total. The van der Waals surface area contributed by atoms with Gasteiger partial charge in [-0.25, -0.2) is 0 Å². The topological polar surface area (TPSA) is 32.3 Å².